The van der Waals surface area contributed by atoms with Crippen LogP contribution in [0, 0.1) is 0 Å². The van der Waals surface area contributed by atoms with E-state index in [-0.39, 0.29) is 0 Å². The van der Waals surface area contributed by atoms with Gasteiger partial charge in [-0.1, -0.05) is 39.0 Å². The van der Waals surface area contributed by atoms with Crippen LogP contribution in [0.2, 0.25) is 0 Å². The summed E-state index contributed by atoms with van der Waals surface area (Å²) >= 11 is 0. The Kier molecular flexibility index (Phi) is 9.02. The maximum Gasteiger partial charge on any atom is 0.0546 e. The number of hydrogen-bond acceptors (Lipinski definition) is 1. The first-order chi connectivity index (χ1) is 5.81. The second kappa shape index (κ2) is 9.05. The SMILES string of the molecule is CCCCCCCC(C)OCC. The van der Waals surface area contributed by atoms with Gasteiger partial charge in [-0.3, -0.25) is 0 Å². The van der Waals surface area contributed by atoms with Crippen LogP contribution in [0.3, 0.4) is 0 Å². The highest BCUT2D eigenvalue weighted by Crippen LogP contribution is 2.08. The third-order valence-corrected chi connectivity index (χ3v) is 2.17. The smallest absolute Gasteiger partial charge is 0.0546 e. The molecule has 0 aliphatic rings. The predicted molar refractivity (Wildman–Crippen MR) is 54.5 cm³/mol. The molecular formula is C11H24O. The molecule has 0 aromatic rings. The maximum absolute atomic E-state index is 5.45. The van der Waals surface area contributed by atoms with Crippen molar-refractivity contribution in [1.29, 1.82) is 0 Å². The molecule has 0 saturated heterocycles. The summed E-state index contributed by atoms with van der Waals surface area (Å²) in [7, 11) is 0. The van der Waals surface area contributed by atoms with Gasteiger partial charge in [-0.25, -0.2) is 0 Å². The molecule has 1 nitrogen and oxygen atoms in total. The molecule has 0 saturated carbocycles. The normalized spacial score (nSPS) is 13.2. The molecule has 0 aliphatic carbocycles. The molecule has 0 spiro atoms. The van der Waals surface area contributed by atoms with Gasteiger partial charge in [0.25, 0.3) is 0 Å². The van der Waals surface area contributed by atoms with Crippen LogP contribution >= 0.6 is 0 Å². The van der Waals surface area contributed by atoms with Gasteiger partial charge in [0.1, 0.15) is 0 Å². The van der Waals surface area contributed by atoms with Crippen LogP contribution in [-0.2, 0) is 4.74 Å². The van der Waals surface area contributed by atoms with Crippen molar-refractivity contribution in [3.63, 3.8) is 0 Å². The molecule has 0 amide bonds. The molecule has 1 atom stereocenters. The lowest BCUT2D eigenvalue weighted by Gasteiger charge is -2.10. The summed E-state index contributed by atoms with van der Waals surface area (Å²) in [6.45, 7) is 7.34. The van der Waals surface area contributed by atoms with E-state index in [0.717, 1.165) is 6.61 Å². The van der Waals surface area contributed by atoms with E-state index in [1.165, 1.54) is 38.5 Å². The Morgan fingerprint density at radius 1 is 1.00 bits per heavy atom. The predicted octanol–water partition coefficient (Wildman–Crippen LogP) is 3.77. The zero-order chi connectivity index (χ0) is 9.23. The van der Waals surface area contributed by atoms with Crippen molar-refractivity contribution < 1.29 is 4.74 Å². The van der Waals surface area contributed by atoms with E-state index in [1.807, 2.05) is 0 Å². The summed E-state index contributed by atoms with van der Waals surface area (Å²) in [5.74, 6) is 0. The van der Waals surface area contributed by atoms with Crippen molar-refractivity contribution in [3.8, 4) is 0 Å². The van der Waals surface area contributed by atoms with Gasteiger partial charge in [0.15, 0.2) is 0 Å². The van der Waals surface area contributed by atoms with Crippen molar-refractivity contribution in [3.05, 3.63) is 0 Å². The molecule has 0 fully saturated rings. The second-order valence-electron chi connectivity index (χ2n) is 3.47. The zero-order valence-corrected chi connectivity index (χ0v) is 8.94. The fourth-order valence-corrected chi connectivity index (χ4v) is 1.40. The van der Waals surface area contributed by atoms with Crippen molar-refractivity contribution >= 4 is 0 Å². The van der Waals surface area contributed by atoms with Gasteiger partial charge < -0.3 is 4.74 Å². The van der Waals surface area contributed by atoms with Crippen LogP contribution in [-0.4, -0.2) is 12.7 Å². The van der Waals surface area contributed by atoms with E-state index >= 15 is 0 Å². The molecule has 1 unspecified atom stereocenters. The van der Waals surface area contributed by atoms with E-state index in [1.54, 1.807) is 0 Å². The van der Waals surface area contributed by atoms with Crippen LogP contribution in [0.5, 0.6) is 0 Å². The van der Waals surface area contributed by atoms with E-state index in [0.29, 0.717) is 6.10 Å². The highest BCUT2D eigenvalue weighted by atomic mass is 16.5. The van der Waals surface area contributed by atoms with E-state index in [2.05, 4.69) is 20.8 Å². The number of hydrogen-bond donors (Lipinski definition) is 0. The molecule has 0 heterocycles. The topological polar surface area (TPSA) is 9.23 Å². The molecule has 0 aromatic heterocycles. The molecule has 0 bridgehead atoms. The third kappa shape index (κ3) is 8.06. The van der Waals surface area contributed by atoms with Crippen LogP contribution < -0.4 is 0 Å². The lowest BCUT2D eigenvalue weighted by atomic mass is 10.1. The number of ether oxygens (including phenoxy) is 1. The standard InChI is InChI=1S/C11H24O/c1-4-6-7-8-9-10-11(3)12-5-2/h11H,4-10H2,1-3H3. The third-order valence-electron chi connectivity index (χ3n) is 2.17. The highest BCUT2D eigenvalue weighted by molar-refractivity contribution is 4.51. The average Bonchev–Trinajstić information content (AvgIpc) is 2.05. The first-order valence-corrected chi connectivity index (χ1v) is 5.42. The van der Waals surface area contributed by atoms with Crippen molar-refractivity contribution in [2.24, 2.45) is 0 Å². The lowest BCUT2D eigenvalue weighted by Crippen LogP contribution is -2.07. The van der Waals surface area contributed by atoms with Crippen LogP contribution in [0.15, 0.2) is 0 Å². The monoisotopic (exact) mass is 172 g/mol. The Morgan fingerprint density at radius 2 is 1.67 bits per heavy atom. The van der Waals surface area contributed by atoms with Crippen LogP contribution in [0.4, 0.5) is 0 Å². The molecule has 0 radical (unpaired) electrons. The summed E-state index contributed by atoms with van der Waals surface area (Å²) < 4.78 is 5.45. The fourth-order valence-electron chi connectivity index (χ4n) is 1.40. The van der Waals surface area contributed by atoms with Crippen molar-refractivity contribution in [1.82, 2.24) is 0 Å². The van der Waals surface area contributed by atoms with Gasteiger partial charge in [0, 0.05) is 6.61 Å². The molecule has 0 aliphatic heterocycles. The Morgan fingerprint density at radius 3 is 2.25 bits per heavy atom. The Labute approximate surface area is 77.5 Å². The largest absolute Gasteiger partial charge is 0.379 e. The Hall–Kier alpha value is -0.0400. The summed E-state index contributed by atoms with van der Waals surface area (Å²) in [4.78, 5) is 0. The quantitative estimate of drug-likeness (QED) is 0.506. The van der Waals surface area contributed by atoms with Crippen LogP contribution in [0.25, 0.3) is 0 Å². The zero-order valence-electron chi connectivity index (χ0n) is 8.94. The maximum atomic E-state index is 5.45. The van der Waals surface area contributed by atoms with Gasteiger partial charge >= 0.3 is 0 Å². The van der Waals surface area contributed by atoms with Gasteiger partial charge in [-0.15, -0.1) is 0 Å². The van der Waals surface area contributed by atoms with Gasteiger partial charge in [-0.2, -0.15) is 0 Å². The molecule has 0 N–H and O–H groups in total. The molecule has 0 rings (SSSR count). The van der Waals surface area contributed by atoms with Crippen molar-refractivity contribution in [2.45, 2.75) is 65.4 Å². The van der Waals surface area contributed by atoms with Gasteiger partial charge in [0.2, 0.25) is 0 Å². The van der Waals surface area contributed by atoms with Crippen molar-refractivity contribution in [2.75, 3.05) is 6.61 Å². The number of rotatable bonds is 8. The minimum atomic E-state index is 0.469. The summed E-state index contributed by atoms with van der Waals surface area (Å²) in [5, 5.41) is 0. The second-order valence-corrected chi connectivity index (χ2v) is 3.47. The molecular weight excluding hydrogens is 148 g/mol. The first kappa shape index (κ1) is 12.0. The minimum absolute atomic E-state index is 0.469. The molecule has 0 aromatic carbocycles. The summed E-state index contributed by atoms with van der Waals surface area (Å²) in [6.07, 6.45) is 8.54. The summed E-state index contributed by atoms with van der Waals surface area (Å²) in [5.41, 5.74) is 0. The number of unbranched alkanes of at least 4 members (excludes halogenated alkanes) is 4. The minimum Gasteiger partial charge on any atom is -0.379 e. The molecule has 1 heteroatoms. The average molecular weight is 172 g/mol. The van der Waals surface area contributed by atoms with E-state index < -0.39 is 0 Å². The Bertz CT molecular complexity index is 81.1. The first-order valence-electron chi connectivity index (χ1n) is 5.42. The Balaban J connectivity index is 2.97. The molecule has 74 valence electrons. The van der Waals surface area contributed by atoms with Gasteiger partial charge in [-0.05, 0) is 20.3 Å². The molecule has 12 heavy (non-hydrogen) atoms. The van der Waals surface area contributed by atoms with Gasteiger partial charge in [0.05, 0.1) is 6.10 Å². The fraction of sp³-hybridized carbons (Fsp3) is 1.00. The lowest BCUT2D eigenvalue weighted by molar-refractivity contribution is 0.0684. The van der Waals surface area contributed by atoms with E-state index in [4.69, 9.17) is 4.74 Å². The van der Waals surface area contributed by atoms with E-state index in [9.17, 15) is 0 Å². The van der Waals surface area contributed by atoms with Crippen LogP contribution in [0.1, 0.15) is 59.3 Å². The highest BCUT2D eigenvalue weighted by Gasteiger charge is 1.99. The summed E-state index contributed by atoms with van der Waals surface area (Å²) in [6, 6.07) is 0.